The number of amides is 1. The monoisotopic (exact) mass is 292 g/mol. The summed E-state index contributed by atoms with van der Waals surface area (Å²) >= 11 is 0. The number of rotatable bonds is 5. The molecule has 1 saturated heterocycles. The van der Waals surface area contributed by atoms with Gasteiger partial charge in [-0.05, 0) is 30.9 Å². The van der Waals surface area contributed by atoms with Gasteiger partial charge in [0.25, 0.3) is 0 Å². The summed E-state index contributed by atoms with van der Waals surface area (Å²) < 4.78 is 5.65. The Bertz CT molecular complexity index is 496. The Morgan fingerprint density at radius 3 is 2.67 bits per heavy atom. The molecular formula is C15H24N4O2. The number of hydrogen-bond donors (Lipinski definition) is 2. The third kappa shape index (κ3) is 4.00. The second-order valence-electron chi connectivity index (χ2n) is 5.93. The summed E-state index contributed by atoms with van der Waals surface area (Å²) in [5.74, 6) is 1.51. The van der Waals surface area contributed by atoms with Gasteiger partial charge < -0.3 is 21.1 Å². The molecular weight excluding hydrogens is 268 g/mol. The number of nitrogen functional groups attached to an aromatic ring is 1. The highest BCUT2D eigenvalue weighted by molar-refractivity contribution is 5.77. The summed E-state index contributed by atoms with van der Waals surface area (Å²) in [4.78, 5) is 17.8. The molecule has 1 aromatic heterocycles. The number of aromatic nitrogens is 1. The molecule has 0 spiro atoms. The van der Waals surface area contributed by atoms with Crippen LogP contribution in [0.1, 0.15) is 26.7 Å². The lowest BCUT2D eigenvalue weighted by atomic mass is 9.96. The molecule has 1 aromatic rings. The summed E-state index contributed by atoms with van der Waals surface area (Å²) in [5, 5.41) is 0. The molecule has 1 aliphatic heterocycles. The number of nitrogens with two attached hydrogens (primary N) is 2. The number of carbonyl (C=O) groups is 1. The van der Waals surface area contributed by atoms with Crippen molar-refractivity contribution in [2.45, 2.75) is 26.7 Å². The Morgan fingerprint density at radius 2 is 2.10 bits per heavy atom. The molecule has 4 N–H and O–H groups in total. The first-order chi connectivity index (χ1) is 9.97. The lowest BCUT2D eigenvalue weighted by molar-refractivity contribution is -0.122. The van der Waals surface area contributed by atoms with Crippen molar-refractivity contribution in [1.29, 1.82) is 0 Å². The first-order valence-electron chi connectivity index (χ1n) is 7.41. The first-order valence-corrected chi connectivity index (χ1v) is 7.41. The van der Waals surface area contributed by atoms with Crippen molar-refractivity contribution in [3.8, 4) is 5.88 Å². The number of anilines is 2. The zero-order valence-corrected chi connectivity index (χ0v) is 12.7. The molecule has 0 radical (unpaired) electrons. The second-order valence-corrected chi connectivity index (χ2v) is 5.93. The highest BCUT2D eigenvalue weighted by Gasteiger charge is 2.24. The van der Waals surface area contributed by atoms with E-state index in [0.29, 0.717) is 24.1 Å². The van der Waals surface area contributed by atoms with Crippen molar-refractivity contribution >= 4 is 17.4 Å². The molecule has 0 saturated carbocycles. The lowest BCUT2D eigenvalue weighted by Gasteiger charge is -2.31. The van der Waals surface area contributed by atoms with Crippen molar-refractivity contribution in [3.05, 3.63) is 12.1 Å². The van der Waals surface area contributed by atoms with Crippen molar-refractivity contribution < 1.29 is 9.53 Å². The zero-order chi connectivity index (χ0) is 15.4. The van der Waals surface area contributed by atoms with Crippen LogP contribution in [0.15, 0.2) is 12.1 Å². The molecule has 0 bridgehead atoms. The summed E-state index contributed by atoms with van der Waals surface area (Å²) in [7, 11) is 0. The average Bonchev–Trinajstić information content (AvgIpc) is 2.46. The number of piperidine rings is 1. The van der Waals surface area contributed by atoms with E-state index in [1.54, 1.807) is 0 Å². The van der Waals surface area contributed by atoms with Crippen LogP contribution in [0.3, 0.4) is 0 Å². The maximum Gasteiger partial charge on any atom is 0.239 e. The van der Waals surface area contributed by atoms with Crippen LogP contribution < -0.4 is 21.1 Å². The van der Waals surface area contributed by atoms with Crippen LogP contribution in [0.4, 0.5) is 11.5 Å². The summed E-state index contributed by atoms with van der Waals surface area (Å²) in [6.45, 7) is 6.29. The van der Waals surface area contributed by atoms with Gasteiger partial charge in [-0.3, -0.25) is 4.79 Å². The third-order valence-corrected chi connectivity index (χ3v) is 3.65. The Kier molecular flexibility index (Phi) is 4.88. The molecule has 2 rings (SSSR count). The molecule has 1 fully saturated rings. The number of ether oxygens (including phenoxy) is 1. The SMILES string of the molecule is CC(C)COc1nc(N2CCC(C(N)=O)CC2)ccc1N. The van der Waals surface area contributed by atoms with Crippen LogP contribution in [0.5, 0.6) is 5.88 Å². The van der Waals surface area contributed by atoms with Crippen LogP contribution in [0.25, 0.3) is 0 Å². The van der Waals surface area contributed by atoms with E-state index in [1.165, 1.54) is 0 Å². The molecule has 1 amide bonds. The molecule has 21 heavy (non-hydrogen) atoms. The topological polar surface area (TPSA) is 94.5 Å². The van der Waals surface area contributed by atoms with Crippen LogP contribution in [-0.4, -0.2) is 30.6 Å². The summed E-state index contributed by atoms with van der Waals surface area (Å²) in [6.07, 6.45) is 1.53. The molecule has 0 aromatic carbocycles. The largest absolute Gasteiger partial charge is 0.476 e. The van der Waals surface area contributed by atoms with Crippen molar-refractivity contribution in [2.24, 2.45) is 17.6 Å². The van der Waals surface area contributed by atoms with E-state index in [9.17, 15) is 4.79 Å². The number of carbonyl (C=O) groups excluding carboxylic acids is 1. The van der Waals surface area contributed by atoms with Crippen molar-refractivity contribution in [2.75, 3.05) is 30.3 Å². The lowest BCUT2D eigenvalue weighted by Crippen LogP contribution is -2.38. The smallest absolute Gasteiger partial charge is 0.239 e. The van der Waals surface area contributed by atoms with Gasteiger partial charge in [-0.15, -0.1) is 0 Å². The van der Waals surface area contributed by atoms with E-state index >= 15 is 0 Å². The van der Waals surface area contributed by atoms with Gasteiger partial charge in [-0.2, -0.15) is 4.98 Å². The quantitative estimate of drug-likeness (QED) is 0.855. The predicted octanol–water partition coefficient (Wildman–Crippen LogP) is 1.40. The standard InChI is InChI=1S/C15H24N4O2/c1-10(2)9-21-15-12(16)3-4-13(18-15)19-7-5-11(6-8-19)14(17)20/h3-4,10-11H,5-9,16H2,1-2H3,(H2,17,20). The summed E-state index contributed by atoms with van der Waals surface area (Å²) in [6, 6.07) is 3.71. The fourth-order valence-corrected chi connectivity index (χ4v) is 2.37. The van der Waals surface area contributed by atoms with Crippen LogP contribution in [-0.2, 0) is 4.79 Å². The Morgan fingerprint density at radius 1 is 1.43 bits per heavy atom. The van der Waals surface area contributed by atoms with Crippen molar-refractivity contribution in [1.82, 2.24) is 4.98 Å². The minimum Gasteiger partial charge on any atom is -0.476 e. The minimum absolute atomic E-state index is 0.0216. The molecule has 0 aliphatic carbocycles. The molecule has 6 nitrogen and oxygen atoms in total. The average molecular weight is 292 g/mol. The highest BCUT2D eigenvalue weighted by Crippen LogP contribution is 2.26. The van der Waals surface area contributed by atoms with Crippen LogP contribution in [0, 0.1) is 11.8 Å². The number of nitrogens with zero attached hydrogens (tertiary/aromatic N) is 2. The van der Waals surface area contributed by atoms with E-state index in [1.807, 2.05) is 12.1 Å². The Labute approximate surface area is 125 Å². The Hall–Kier alpha value is -1.98. The van der Waals surface area contributed by atoms with E-state index in [0.717, 1.165) is 31.7 Å². The zero-order valence-electron chi connectivity index (χ0n) is 12.7. The van der Waals surface area contributed by atoms with Gasteiger partial charge in [0.2, 0.25) is 11.8 Å². The van der Waals surface area contributed by atoms with Gasteiger partial charge in [0.1, 0.15) is 5.82 Å². The maximum atomic E-state index is 11.2. The van der Waals surface area contributed by atoms with Gasteiger partial charge in [-0.25, -0.2) is 0 Å². The molecule has 2 heterocycles. The normalized spacial score (nSPS) is 16.2. The molecule has 0 unspecified atom stereocenters. The van der Waals surface area contributed by atoms with Gasteiger partial charge in [0.05, 0.1) is 12.3 Å². The second kappa shape index (κ2) is 6.65. The van der Waals surface area contributed by atoms with Gasteiger partial charge in [0, 0.05) is 19.0 Å². The molecule has 1 aliphatic rings. The van der Waals surface area contributed by atoms with E-state index in [2.05, 4.69) is 23.7 Å². The van der Waals surface area contributed by atoms with Crippen LogP contribution in [0.2, 0.25) is 0 Å². The number of primary amides is 1. The Balaban J connectivity index is 2.04. The third-order valence-electron chi connectivity index (χ3n) is 3.65. The van der Waals surface area contributed by atoms with Crippen molar-refractivity contribution in [3.63, 3.8) is 0 Å². The maximum absolute atomic E-state index is 11.2. The van der Waals surface area contributed by atoms with E-state index < -0.39 is 0 Å². The van der Waals surface area contributed by atoms with Crippen LogP contribution >= 0.6 is 0 Å². The number of pyridine rings is 1. The summed E-state index contributed by atoms with van der Waals surface area (Å²) in [5.41, 5.74) is 11.8. The minimum atomic E-state index is -0.208. The predicted molar refractivity (Wildman–Crippen MR) is 83.1 cm³/mol. The molecule has 0 atom stereocenters. The fourth-order valence-electron chi connectivity index (χ4n) is 2.37. The fraction of sp³-hybridized carbons (Fsp3) is 0.600. The molecule has 116 valence electrons. The van der Waals surface area contributed by atoms with E-state index in [4.69, 9.17) is 16.2 Å². The van der Waals surface area contributed by atoms with Gasteiger partial charge in [0.15, 0.2) is 0 Å². The highest BCUT2D eigenvalue weighted by atomic mass is 16.5. The first kappa shape index (κ1) is 15.4. The van der Waals surface area contributed by atoms with Gasteiger partial charge >= 0.3 is 0 Å². The molecule has 6 heteroatoms. The van der Waals surface area contributed by atoms with Gasteiger partial charge in [-0.1, -0.05) is 13.8 Å². The van der Waals surface area contributed by atoms with E-state index in [-0.39, 0.29) is 11.8 Å². The number of hydrogen-bond acceptors (Lipinski definition) is 5.